The zero-order chi connectivity index (χ0) is 36.3. The smallest absolute Gasteiger partial charge is 0.0467 e. The first-order chi connectivity index (χ1) is 27.2. The van der Waals surface area contributed by atoms with Gasteiger partial charge in [0.05, 0.1) is 0 Å². The molecule has 0 aliphatic heterocycles. The molecule has 2 aromatic heterocycles. The standard InChI is InChI=1S/C52H33NS2/c1-2-17-42-35(11-1)12-9-20-43(42)37-13-7-15-40(31-37)53(39-28-25-34(26-29-39)36-27-30-51-48(33-36)46-19-4-5-23-49(46)54-51)41-16-8-14-38(32-41)44-21-10-22-47-45-18-3-6-24-50(45)55-52(44)47/h1-33H. The normalized spacial score (nSPS) is 11.6. The van der Waals surface area contributed by atoms with Crippen LogP contribution in [0.4, 0.5) is 17.1 Å². The quantitative estimate of drug-likeness (QED) is 0.164. The maximum atomic E-state index is 2.41. The van der Waals surface area contributed by atoms with Crippen LogP contribution < -0.4 is 4.90 Å². The summed E-state index contributed by atoms with van der Waals surface area (Å²) in [6, 6.07) is 73.5. The Morgan fingerprint density at radius 2 is 0.836 bits per heavy atom. The van der Waals surface area contributed by atoms with Crippen molar-refractivity contribution in [2.24, 2.45) is 0 Å². The summed E-state index contributed by atoms with van der Waals surface area (Å²) in [4.78, 5) is 2.41. The molecule has 11 aromatic rings. The van der Waals surface area contributed by atoms with E-state index in [2.05, 4.69) is 205 Å². The fourth-order valence-electron chi connectivity index (χ4n) is 8.23. The van der Waals surface area contributed by atoms with Crippen LogP contribution in [0, 0.1) is 0 Å². The molecule has 11 rings (SSSR count). The van der Waals surface area contributed by atoms with Crippen LogP contribution in [0.15, 0.2) is 200 Å². The fraction of sp³-hybridized carbons (Fsp3) is 0. The maximum Gasteiger partial charge on any atom is 0.0467 e. The molecule has 0 N–H and O–H groups in total. The van der Waals surface area contributed by atoms with Gasteiger partial charge in [0.25, 0.3) is 0 Å². The number of nitrogens with zero attached hydrogens (tertiary/aromatic N) is 1. The number of hydrogen-bond acceptors (Lipinski definition) is 3. The second-order valence-corrected chi connectivity index (χ2v) is 16.2. The predicted molar refractivity (Wildman–Crippen MR) is 241 cm³/mol. The Morgan fingerprint density at radius 3 is 1.62 bits per heavy atom. The lowest BCUT2D eigenvalue weighted by molar-refractivity contribution is 1.28. The highest BCUT2D eigenvalue weighted by molar-refractivity contribution is 7.26. The molecule has 0 saturated heterocycles. The van der Waals surface area contributed by atoms with Crippen molar-refractivity contribution in [3.8, 4) is 33.4 Å². The van der Waals surface area contributed by atoms with Gasteiger partial charge in [-0.05, 0) is 105 Å². The Labute approximate surface area is 327 Å². The zero-order valence-electron chi connectivity index (χ0n) is 29.8. The van der Waals surface area contributed by atoms with Gasteiger partial charge < -0.3 is 4.90 Å². The molecule has 0 unspecified atom stereocenters. The van der Waals surface area contributed by atoms with E-state index in [4.69, 9.17) is 0 Å². The van der Waals surface area contributed by atoms with Gasteiger partial charge in [0.1, 0.15) is 0 Å². The van der Waals surface area contributed by atoms with E-state index in [0.29, 0.717) is 0 Å². The van der Waals surface area contributed by atoms with Crippen molar-refractivity contribution in [1.82, 2.24) is 0 Å². The van der Waals surface area contributed by atoms with Gasteiger partial charge in [0.2, 0.25) is 0 Å². The van der Waals surface area contributed by atoms with Gasteiger partial charge in [0, 0.05) is 57.4 Å². The molecule has 0 atom stereocenters. The first-order valence-electron chi connectivity index (χ1n) is 18.7. The van der Waals surface area contributed by atoms with Gasteiger partial charge in [-0.25, -0.2) is 0 Å². The van der Waals surface area contributed by atoms with E-state index >= 15 is 0 Å². The van der Waals surface area contributed by atoms with Crippen LogP contribution in [-0.4, -0.2) is 0 Å². The van der Waals surface area contributed by atoms with Gasteiger partial charge in [-0.1, -0.05) is 140 Å². The third-order valence-electron chi connectivity index (χ3n) is 10.9. The van der Waals surface area contributed by atoms with Crippen molar-refractivity contribution in [3.05, 3.63) is 200 Å². The fourth-order valence-corrected chi connectivity index (χ4v) is 10.6. The van der Waals surface area contributed by atoms with E-state index in [-0.39, 0.29) is 0 Å². The van der Waals surface area contributed by atoms with Crippen LogP contribution in [0.1, 0.15) is 0 Å². The molecule has 0 saturated carbocycles. The van der Waals surface area contributed by atoms with E-state index in [0.717, 1.165) is 17.1 Å². The van der Waals surface area contributed by atoms with E-state index in [1.54, 1.807) is 0 Å². The van der Waals surface area contributed by atoms with Crippen LogP contribution in [0.3, 0.4) is 0 Å². The topological polar surface area (TPSA) is 3.24 Å². The molecule has 9 aromatic carbocycles. The average molecular weight is 736 g/mol. The molecule has 0 bridgehead atoms. The molecule has 0 fully saturated rings. The zero-order valence-corrected chi connectivity index (χ0v) is 31.4. The van der Waals surface area contributed by atoms with Gasteiger partial charge in [-0.15, -0.1) is 22.7 Å². The van der Waals surface area contributed by atoms with Crippen molar-refractivity contribution in [3.63, 3.8) is 0 Å². The summed E-state index contributed by atoms with van der Waals surface area (Å²) >= 11 is 3.74. The van der Waals surface area contributed by atoms with Crippen molar-refractivity contribution in [1.29, 1.82) is 0 Å². The summed E-state index contributed by atoms with van der Waals surface area (Å²) in [6.07, 6.45) is 0. The third kappa shape index (κ3) is 5.51. The Morgan fingerprint density at radius 1 is 0.291 bits per heavy atom. The van der Waals surface area contributed by atoms with Crippen LogP contribution in [0.5, 0.6) is 0 Å². The molecule has 3 heteroatoms. The highest BCUT2D eigenvalue weighted by Crippen LogP contribution is 2.44. The number of fused-ring (bicyclic) bond motifs is 7. The Kier molecular flexibility index (Phi) is 7.61. The lowest BCUT2D eigenvalue weighted by atomic mass is 9.97. The van der Waals surface area contributed by atoms with E-state index < -0.39 is 0 Å². The lowest BCUT2D eigenvalue weighted by Gasteiger charge is -2.27. The highest BCUT2D eigenvalue weighted by Gasteiger charge is 2.17. The van der Waals surface area contributed by atoms with Gasteiger partial charge >= 0.3 is 0 Å². The average Bonchev–Trinajstić information content (AvgIpc) is 3.82. The molecular formula is C52H33NS2. The van der Waals surface area contributed by atoms with Crippen molar-refractivity contribution in [2.45, 2.75) is 0 Å². The van der Waals surface area contributed by atoms with Gasteiger partial charge in [-0.3, -0.25) is 0 Å². The summed E-state index contributed by atoms with van der Waals surface area (Å²) in [7, 11) is 0. The minimum atomic E-state index is 1.11. The number of anilines is 3. The minimum absolute atomic E-state index is 1.11. The molecule has 1 nitrogen and oxygen atoms in total. The summed E-state index contributed by atoms with van der Waals surface area (Å²) in [6.45, 7) is 0. The van der Waals surface area contributed by atoms with Crippen LogP contribution >= 0.6 is 22.7 Å². The molecule has 0 radical (unpaired) electrons. The Balaban J connectivity index is 1.05. The molecule has 0 aliphatic carbocycles. The molecule has 0 amide bonds. The molecule has 55 heavy (non-hydrogen) atoms. The SMILES string of the molecule is c1cc(-c2cccc3ccccc23)cc(N(c2ccc(-c3ccc4sc5ccccc5c4c3)cc2)c2cccc(-c3cccc4c3sc3ccccc34)c2)c1. The summed E-state index contributed by atoms with van der Waals surface area (Å²) in [5, 5.41) is 7.77. The van der Waals surface area contributed by atoms with E-state index in [1.165, 1.54) is 84.5 Å². The monoisotopic (exact) mass is 735 g/mol. The van der Waals surface area contributed by atoms with Gasteiger partial charge in [-0.2, -0.15) is 0 Å². The van der Waals surface area contributed by atoms with Crippen LogP contribution in [0.2, 0.25) is 0 Å². The molecule has 2 heterocycles. The molecule has 0 spiro atoms. The molecule has 258 valence electrons. The number of hydrogen-bond donors (Lipinski definition) is 0. The minimum Gasteiger partial charge on any atom is -0.310 e. The van der Waals surface area contributed by atoms with Crippen LogP contribution in [-0.2, 0) is 0 Å². The molecular weight excluding hydrogens is 703 g/mol. The first kappa shape index (κ1) is 32.0. The summed E-state index contributed by atoms with van der Waals surface area (Å²) in [5.74, 6) is 0. The number of thiophene rings is 2. The number of rotatable bonds is 6. The first-order valence-corrected chi connectivity index (χ1v) is 20.3. The maximum absolute atomic E-state index is 2.41. The van der Waals surface area contributed by atoms with E-state index in [9.17, 15) is 0 Å². The summed E-state index contributed by atoms with van der Waals surface area (Å²) in [5.41, 5.74) is 10.7. The predicted octanol–water partition coefficient (Wildman–Crippen LogP) is 16.0. The molecule has 0 aliphatic rings. The summed E-state index contributed by atoms with van der Waals surface area (Å²) < 4.78 is 5.30. The highest BCUT2D eigenvalue weighted by atomic mass is 32.1. The Bertz CT molecular complexity index is 3220. The van der Waals surface area contributed by atoms with Crippen LogP contribution in [0.25, 0.3) is 84.5 Å². The van der Waals surface area contributed by atoms with Crippen molar-refractivity contribution >= 4 is 90.9 Å². The van der Waals surface area contributed by atoms with Gasteiger partial charge in [0.15, 0.2) is 0 Å². The van der Waals surface area contributed by atoms with Crippen molar-refractivity contribution in [2.75, 3.05) is 4.90 Å². The largest absolute Gasteiger partial charge is 0.310 e. The number of benzene rings is 9. The second-order valence-electron chi connectivity index (χ2n) is 14.1. The third-order valence-corrected chi connectivity index (χ3v) is 13.2. The Hall–Kier alpha value is -6.52. The van der Waals surface area contributed by atoms with Crippen molar-refractivity contribution < 1.29 is 0 Å². The second kappa shape index (κ2) is 13.1. The lowest BCUT2D eigenvalue weighted by Crippen LogP contribution is -2.10. The van der Waals surface area contributed by atoms with E-state index in [1.807, 2.05) is 22.7 Å².